The van der Waals surface area contributed by atoms with Gasteiger partial charge in [-0.2, -0.15) is 13.2 Å². The van der Waals surface area contributed by atoms with E-state index in [1.54, 1.807) is 6.92 Å². The normalized spacial score (nSPS) is 12.8. The van der Waals surface area contributed by atoms with Crippen molar-refractivity contribution in [1.29, 1.82) is 0 Å². The summed E-state index contributed by atoms with van der Waals surface area (Å²) in [4.78, 5) is 11.8. The summed E-state index contributed by atoms with van der Waals surface area (Å²) in [7, 11) is 0. The second-order valence-electron chi connectivity index (χ2n) is 5.12. The van der Waals surface area contributed by atoms with Crippen molar-refractivity contribution >= 4 is 11.6 Å². The summed E-state index contributed by atoms with van der Waals surface area (Å²) in [5, 5.41) is 2.47. The molecule has 3 N–H and O–H groups in total. The summed E-state index contributed by atoms with van der Waals surface area (Å²) in [6.45, 7) is 3.99. The van der Waals surface area contributed by atoms with Gasteiger partial charge in [-0.3, -0.25) is 4.79 Å². The van der Waals surface area contributed by atoms with Gasteiger partial charge in [-0.05, 0) is 38.0 Å². The first-order valence-corrected chi connectivity index (χ1v) is 7.13. The molecule has 0 aliphatic heterocycles. The van der Waals surface area contributed by atoms with Crippen molar-refractivity contribution < 1.29 is 22.7 Å². The summed E-state index contributed by atoms with van der Waals surface area (Å²) in [5.74, 6) is -0.165. The fourth-order valence-corrected chi connectivity index (χ4v) is 1.71. The summed E-state index contributed by atoms with van der Waals surface area (Å²) < 4.78 is 43.7. The maximum absolute atomic E-state index is 12.8. The molecule has 1 unspecified atom stereocenters. The Morgan fingerprint density at radius 3 is 2.64 bits per heavy atom. The van der Waals surface area contributed by atoms with Crippen LogP contribution in [0.5, 0.6) is 5.75 Å². The van der Waals surface area contributed by atoms with Gasteiger partial charge in [-0.1, -0.05) is 6.92 Å². The molecule has 7 heteroatoms. The van der Waals surface area contributed by atoms with E-state index in [2.05, 4.69) is 5.32 Å². The van der Waals surface area contributed by atoms with E-state index in [0.29, 0.717) is 19.4 Å². The van der Waals surface area contributed by atoms with Crippen LogP contribution in [0.15, 0.2) is 18.2 Å². The fraction of sp³-hybridized carbons (Fsp3) is 0.533. The average Bonchev–Trinajstić information content (AvgIpc) is 2.42. The number of carbonyl (C=O) groups is 1. The lowest BCUT2D eigenvalue weighted by Gasteiger charge is -2.15. The van der Waals surface area contributed by atoms with Gasteiger partial charge in [-0.15, -0.1) is 0 Å². The van der Waals surface area contributed by atoms with Crippen LogP contribution >= 0.6 is 0 Å². The van der Waals surface area contributed by atoms with Crippen LogP contribution in [0.3, 0.4) is 0 Å². The van der Waals surface area contributed by atoms with E-state index < -0.39 is 17.6 Å². The Labute approximate surface area is 127 Å². The third kappa shape index (κ3) is 5.93. The lowest BCUT2D eigenvalue weighted by Crippen LogP contribution is -2.20. The first kappa shape index (κ1) is 18.3. The Morgan fingerprint density at radius 2 is 2.09 bits per heavy atom. The highest BCUT2D eigenvalue weighted by atomic mass is 19.4. The predicted molar refractivity (Wildman–Crippen MR) is 78.7 cm³/mol. The number of hydrogen-bond acceptors (Lipinski definition) is 3. The molecular weight excluding hydrogens is 297 g/mol. The Morgan fingerprint density at radius 1 is 1.41 bits per heavy atom. The Kier molecular flexibility index (Phi) is 6.67. The molecule has 1 rings (SSSR count). The summed E-state index contributed by atoms with van der Waals surface area (Å²) in [6.07, 6.45) is -3.18. The quantitative estimate of drug-likeness (QED) is 0.808. The molecule has 0 saturated heterocycles. The molecular formula is C15H21F3N2O2. The van der Waals surface area contributed by atoms with Crippen LogP contribution in [-0.2, 0) is 11.0 Å². The highest BCUT2D eigenvalue weighted by Gasteiger charge is 2.31. The molecule has 1 atom stereocenters. The third-order valence-corrected chi connectivity index (χ3v) is 2.87. The number of halogens is 3. The van der Waals surface area contributed by atoms with E-state index in [9.17, 15) is 18.0 Å². The Balaban J connectivity index is 2.93. The average molecular weight is 318 g/mol. The van der Waals surface area contributed by atoms with E-state index in [4.69, 9.17) is 10.5 Å². The van der Waals surface area contributed by atoms with E-state index in [1.165, 1.54) is 6.07 Å². The van der Waals surface area contributed by atoms with Gasteiger partial charge in [0.15, 0.2) is 0 Å². The van der Waals surface area contributed by atoms with Crippen molar-refractivity contribution in [2.45, 2.75) is 45.3 Å². The standard InChI is InChI=1S/C15H21F3N2O2/c1-3-8-22-13-6-5-11(15(16,17)18)9-12(13)20-14(21)7-4-10(2)19/h5-6,9-10H,3-4,7-8,19H2,1-2H3,(H,20,21). The number of benzene rings is 1. The molecule has 0 bridgehead atoms. The molecule has 0 aliphatic carbocycles. The van der Waals surface area contributed by atoms with Crippen LogP contribution < -0.4 is 15.8 Å². The molecule has 1 aromatic carbocycles. The number of carbonyl (C=O) groups excluding carboxylic acids is 1. The first-order valence-electron chi connectivity index (χ1n) is 7.13. The van der Waals surface area contributed by atoms with Crippen molar-refractivity contribution in [3.63, 3.8) is 0 Å². The second kappa shape index (κ2) is 8.03. The lowest BCUT2D eigenvalue weighted by atomic mass is 10.1. The molecule has 1 amide bonds. The zero-order valence-corrected chi connectivity index (χ0v) is 12.7. The molecule has 22 heavy (non-hydrogen) atoms. The minimum Gasteiger partial charge on any atom is -0.491 e. The van der Waals surface area contributed by atoms with Crippen LogP contribution in [0.1, 0.15) is 38.7 Å². The number of alkyl halides is 3. The van der Waals surface area contributed by atoms with Gasteiger partial charge < -0.3 is 15.8 Å². The molecule has 124 valence electrons. The first-order chi connectivity index (χ1) is 10.2. The van der Waals surface area contributed by atoms with Crippen LogP contribution in [0.4, 0.5) is 18.9 Å². The van der Waals surface area contributed by atoms with E-state index in [0.717, 1.165) is 12.1 Å². The molecule has 1 aromatic rings. The van der Waals surface area contributed by atoms with Gasteiger partial charge in [0.1, 0.15) is 5.75 Å². The molecule has 0 fully saturated rings. The number of nitrogens with two attached hydrogens (primary N) is 1. The van der Waals surface area contributed by atoms with Gasteiger partial charge >= 0.3 is 6.18 Å². The van der Waals surface area contributed by atoms with Gasteiger partial charge in [0.2, 0.25) is 5.91 Å². The number of hydrogen-bond donors (Lipinski definition) is 2. The van der Waals surface area contributed by atoms with Crippen molar-refractivity contribution in [2.24, 2.45) is 5.73 Å². The highest BCUT2D eigenvalue weighted by molar-refractivity contribution is 5.92. The SMILES string of the molecule is CCCOc1ccc(C(F)(F)F)cc1NC(=O)CCC(C)N. The predicted octanol–water partition coefficient (Wildman–Crippen LogP) is 3.56. The zero-order chi connectivity index (χ0) is 16.8. The molecule has 0 aliphatic rings. The van der Waals surface area contributed by atoms with E-state index in [1.807, 2.05) is 6.92 Å². The largest absolute Gasteiger partial charge is 0.491 e. The van der Waals surface area contributed by atoms with Crippen LogP contribution in [0.2, 0.25) is 0 Å². The summed E-state index contributed by atoms with van der Waals surface area (Å²) in [6, 6.07) is 2.89. The van der Waals surface area contributed by atoms with Crippen molar-refractivity contribution in [2.75, 3.05) is 11.9 Å². The minimum absolute atomic E-state index is 0.0259. The summed E-state index contributed by atoms with van der Waals surface area (Å²) >= 11 is 0. The van der Waals surface area contributed by atoms with Crippen LogP contribution in [-0.4, -0.2) is 18.6 Å². The smallest absolute Gasteiger partial charge is 0.416 e. The molecule has 0 spiro atoms. The third-order valence-electron chi connectivity index (χ3n) is 2.87. The minimum atomic E-state index is -4.48. The van der Waals surface area contributed by atoms with Crippen LogP contribution in [0.25, 0.3) is 0 Å². The maximum atomic E-state index is 12.8. The number of anilines is 1. The highest BCUT2D eigenvalue weighted by Crippen LogP contribution is 2.35. The molecule has 0 radical (unpaired) electrons. The zero-order valence-electron chi connectivity index (χ0n) is 12.7. The molecule has 0 aromatic heterocycles. The molecule has 0 heterocycles. The monoisotopic (exact) mass is 318 g/mol. The topological polar surface area (TPSA) is 64.3 Å². The maximum Gasteiger partial charge on any atom is 0.416 e. The second-order valence-corrected chi connectivity index (χ2v) is 5.12. The number of ether oxygens (including phenoxy) is 1. The number of rotatable bonds is 7. The van der Waals surface area contributed by atoms with Gasteiger partial charge in [0.25, 0.3) is 0 Å². The Bertz CT molecular complexity index is 502. The van der Waals surface area contributed by atoms with Gasteiger partial charge in [0, 0.05) is 12.5 Å². The summed E-state index contributed by atoms with van der Waals surface area (Å²) in [5.41, 5.74) is 4.75. The van der Waals surface area contributed by atoms with Crippen molar-refractivity contribution in [3.8, 4) is 5.75 Å². The fourth-order valence-electron chi connectivity index (χ4n) is 1.71. The van der Waals surface area contributed by atoms with Crippen molar-refractivity contribution in [3.05, 3.63) is 23.8 Å². The Hall–Kier alpha value is -1.76. The molecule has 4 nitrogen and oxygen atoms in total. The van der Waals surface area contributed by atoms with Gasteiger partial charge in [0.05, 0.1) is 17.9 Å². The van der Waals surface area contributed by atoms with E-state index in [-0.39, 0.29) is 23.9 Å². The van der Waals surface area contributed by atoms with Gasteiger partial charge in [-0.25, -0.2) is 0 Å². The lowest BCUT2D eigenvalue weighted by molar-refractivity contribution is -0.137. The number of nitrogens with one attached hydrogen (secondary N) is 1. The van der Waals surface area contributed by atoms with Crippen molar-refractivity contribution in [1.82, 2.24) is 0 Å². The van der Waals surface area contributed by atoms with E-state index >= 15 is 0 Å². The molecule has 0 saturated carbocycles. The van der Waals surface area contributed by atoms with Crippen LogP contribution in [0, 0.1) is 0 Å². The number of amides is 1.